The van der Waals surface area contributed by atoms with E-state index in [1.807, 2.05) is 0 Å². The highest BCUT2D eigenvalue weighted by molar-refractivity contribution is 4.93. The second-order valence-corrected chi connectivity index (χ2v) is 3.13. The molecule has 2 N–H and O–H groups in total. The highest BCUT2D eigenvalue weighted by atomic mass is 16.6. The number of nitro groups is 1. The second kappa shape index (κ2) is 9.05. The molecule has 0 fully saturated rings. The molecular formula is C10H19N3O2. The first-order chi connectivity index (χ1) is 7.20. The van der Waals surface area contributed by atoms with Crippen LogP contribution in [0.3, 0.4) is 0 Å². The van der Waals surface area contributed by atoms with Gasteiger partial charge in [0.15, 0.2) is 5.82 Å². The van der Waals surface area contributed by atoms with E-state index in [-0.39, 0.29) is 0 Å². The van der Waals surface area contributed by atoms with Crippen molar-refractivity contribution in [2.75, 3.05) is 13.1 Å². The minimum Gasteiger partial charge on any atom is -0.367 e. The molecule has 0 unspecified atom stereocenters. The molecule has 0 aromatic rings. The van der Waals surface area contributed by atoms with E-state index in [0.717, 1.165) is 32.0 Å². The van der Waals surface area contributed by atoms with Gasteiger partial charge < -0.3 is 10.6 Å². The Balaban J connectivity index is 3.90. The van der Waals surface area contributed by atoms with Crippen LogP contribution < -0.4 is 10.6 Å². The maximum Gasteiger partial charge on any atom is 0.274 e. The van der Waals surface area contributed by atoms with Crippen molar-refractivity contribution in [1.82, 2.24) is 10.6 Å². The smallest absolute Gasteiger partial charge is 0.274 e. The van der Waals surface area contributed by atoms with Crippen LogP contribution >= 0.6 is 0 Å². The number of nitrogens with zero attached hydrogens (tertiary/aromatic N) is 1. The third kappa shape index (κ3) is 8.80. The van der Waals surface area contributed by atoms with Crippen LogP contribution in [-0.4, -0.2) is 18.0 Å². The van der Waals surface area contributed by atoms with Crippen LogP contribution in [0.25, 0.3) is 0 Å². The molecule has 0 rings (SSSR count). The van der Waals surface area contributed by atoms with Crippen LogP contribution in [0.2, 0.25) is 0 Å². The Morgan fingerprint density at radius 3 is 2.73 bits per heavy atom. The van der Waals surface area contributed by atoms with Crippen molar-refractivity contribution in [2.45, 2.75) is 26.2 Å². The van der Waals surface area contributed by atoms with E-state index in [9.17, 15) is 10.1 Å². The van der Waals surface area contributed by atoms with Crippen LogP contribution in [-0.2, 0) is 0 Å². The first kappa shape index (κ1) is 13.5. The molecule has 0 amide bonds. The van der Waals surface area contributed by atoms with Gasteiger partial charge in [-0.3, -0.25) is 10.1 Å². The van der Waals surface area contributed by atoms with Crippen molar-refractivity contribution < 1.29 is 4.92 Å². The predicted octanol–water partition coefficient (Wildman–Crippen LogP) is 1.62. The van der Waals surface area contributed by atoms with Crippen molar-refractivity contribution in [3.8, 4) is 0 Å². The lowest BCUT2D eigenvalue weighted by Crippen LogP contribution is -2.28. The highest BCUT2D eigenvalue weighted by Gasteiger charge is 1.99. The van der Waals surface area contributed by atoms with Gasteiger partial charge in [-0.25, -0.2) is 0 Å². The van der Waals surface area contributed by atoms with Gasteiger partial charge in [0.1, 0.15) is 0 Å². The van der Waals surface area contributed by atoms with Crippen molar-refractivity contribution in [3.63, 3.8) is 0 Å². The molecule has 0 saturated carbocycles. The normalized spacial score (nSPS) is 10.9. The molecule has 5 heteroatoms. The topological polar surface area (TPSA) is 67.2 Å². The summed E-state index contributed by atoms with van der Waals surface area (Å²) in [5, 5.41) is 16.1. The molecule has 0 heterocycles. The van der Waals surface area contributed by atoms with E-state index in [2.05, 4.69) is 24.1 Å². The Kier molecular flexibility index (Phi) is 8.13. The van der Waals surface area contributed by atoms with E-state index in [1.165, 1.54) is 0 Å². The van der Waals surface area contributed by atoms with E-state index in [1.54, 1.807) is 6.08 Å². The molecule has 0 spiro atoms. The lowest BCUT2D eigenvalue weighted by molar-refractivity contribution is -0.404. The first-order valence-electron chi connectivity index (χ1n) is 5.14. The summed E-state index contributed by atoms with van der Waals surface area (Å²) in [5.41, 5.74) is 0. The molecule has 86 valence electrons. The number of rotatable bonds is 9. The lowest BCUT2D eigenvalue weighted by atomic mass is 10.2. The molecule has 0 atom stereocenters. The zero-order valence-corrected chi connectivity index (χ0v) is 9.16. The summed E-state index contributed by atoms with van der Waals surface area (Å²) in [6, 6.07) is 0. The maximum absolute atomic E-state index is 10.3. The minimum atomic E-state index is -0.474. The minimum absolute atomic E-state index is 0.441. The fourth-order valence-corrected chi connectivity index (χ4v) is 1.04. The molecular weight excluding hydrogens is 194 g/mol. The van der Waals surface area contributed by atoms with Gasteiger partial charge in [-0.1, -0.05) is 25.8 Å². The molecule has 0 aromatic carbocycles. The SMILES string of the molecule is C=CCNC(=C[N+](=O)[O-])NCCCCC. The highest BCUT2D eigenvalue weighted by Crippen LogP contribution is 1.93. The van der Waals surface area contributed by atoms with Gasteiger partial charge in [0.25, 0.3) is 6.20 Å². The van der Waals surface area contributed by atoms with Crippen molar-refractivity contribution >= 4 is 0 Å². The quantitative estimate of drug-likeness (QED) is 0.264. The van der Waals surface area contributed by atoms with Crippen LogP contribution in [0, 0.1) is 10.1 Å². The molecule has 0 aliphatic heterocycles. The molecule has 0 aliphatic carbocycles. The maximum atomic E-state index is 10.3. The Morgan fingerprint density at radius 2 is 2.20 bits per heavy atom. The fourth-order valence-electron chi connectivity index (χ4n) is 1.04. The van der Waals surface area contributed by atoms with Crippen LogP contribution in [0.4, 0.5) is 0 Å². The summed E-state index contributed by atoms with van der Waals surface area (Å²) in [5.74, 6) is 0.441. The van der Waals surface area contributed by atoms with E-state index in [0.29, 0.717) is 12.4 Å². The van der Waals surface area contributed by atoms with Crippen molar-refractivity contribution in [3.05, 3.63) is 34.8 Å². The molecule has 0 bridgehead atoms. The molecule has 0 aromatic heterocycles. The Bertz CT molecular complexity index is 227. The Labute approximate surface area is 90.4 Å². The zero-order valence-electron chi connectivity index (χ0n) is 9.16. The van der Waals surface area contributed by atoms with E-state index in [4.69, 9.17) is 0 Å². The fraction of sp³-hybridized carbons (Fsp3) is 0.600. The van der Waals surface area contributed by atoms with Gasteiger partial charge in [0.2, 0.25) is 0 Å². The predicted molar refractivity (Wildman–Crippen MR) is 60.8 cm³/mol. The zero-order chi connectivity index (χ0) is 11.5. The first-order valence-corrected chi connectivity index (χ1v) is 5.14. The average molecular weight is 213 g/mol. The van der Waals surface area contributed by atoms with Crippen LogP contribution in [0.1, 0.15) is 26.2 Å². The van der Waals surface area contributed by atoms with Gasteiger partial charge in [-0.2, -0.15) is 0 Å². The molecule has 0 saturated heterocycles. The summed E-state index contributed by atoms with van der Waals surface area (Å²) in [4.78, 5) is 9.81. The summed E-state index contributed by atoms with van der Waals surface area (Å²) >= 11 is 0. The monoisotopic (exact) mass is 213 g/mol. The number of hydrogen-bond donors (Lipinski definition) is 2. The summed E-state index contributed by atoms with van der Waals surface area (Å²) in [7, 11) is 0. The van der Waals surface area contributed by atoms with Crippen molar-refractivity contribution in [2.24, 2.45) is 0 Å². The third-order valence-electron chi connectivity index (χ3n) is 1.77. The second-order valence-electron chi connectivity index (χ2n) is 3.13. The summed E-state index contributed by atoms with van der Waals surface area (Å²) < 4.78 is 0. The number of unbranched alkanes of at least 4 members (excludes halogenated alkanes) is 2. The van der Waals surface area contributed by atoms with Crippen molar-refractivity contribution in [1.29, 1.82) is 0 Å². The lowest BCUT2D eigenvalue weighted by Gasteiger charge is -2.09. The number of hydrogen-bond acceptors (Lipinski definition) is 4. The Hall–Kier alpha value is -1.52. The van der Waals surface area contributed by atoms with Gasteiger partial charge >= 0.3 is 0 Å². The van der Waals surface area contributed by atoms with E-state index >= 15 is 0 Å². The van der Waals surface area contributed by atoms with Gasteiger partial charge in [0.05, 0.1) is 4.92 Å². The molecule has 0 aliphatic rings. The molecule has 5 nitrogen and oxygen atoms in total. The summed E-state index contributed by atoms with van der Waals surface area (Å²) in [6.45, 7) is 6.91. The van der Waals surface area contributed by atoms with Gasteiger partial charge in [0, 0.05) is 13.1 Å². The van der Waals surface area contributed by atoms with E-state index < -0.39 is 4.92 Å². The van der Waals surface area contributed by atoms with Gasteiger partial charge in [-0.05, 0) is 6.42 Å². The standard InChI is InChI=1S/C10H19N3O2/c1-3-5-6-8-12-10(9-13(14)15)11-7-4-2/h4,9,11-12H,2-3,5-8H2,1H3. The Morgan fingerprint density at radius 1 is 1.47 bits per heavy atom. The third-order valence-corrected chi connectivity index (χ3v) is 1.77. The molecule has 0 radical (unpaired) electrons. The molecule has 15 heavy (non-hydrogen) atoms. The summed E-state index contributed by atoms with van der Waals surface area (Å²) in [6.07, 6.45) is 5.87. The number of nitrogens with one attached hydrogen (secondary N) is 2. The average Bonchev–Trinajstić information content (AvgIpc) is 2.19. The van der Waals surface area contributed by atoms with Gasteiger partial charge in [-0.15, -0.1) is 6.58 Å². The van der Waals surface area contributed by atoms with Crippen LogP contribution in [0.15, 0.2) is 24.7 Å². The largest absolute Gasteiger partial charge is 0.367 e. The van der Waals surface area contributed by atoms with Crippen LogP contribution in [0.5, 0.6) is 0 Å².